The van der Waals surface area contributed by atoms with Crippen molar-refractivity contribution >= 4 is 5.97 Å². The molecule has 1 aromatic heterocycles. The summed E-state index contributed by atoms with van der Waals surface area (Å²) in [5.74, 6) is 1.72. The third-order valence-electron chi connectivity index (χ3n) is 4.25. The molecular weight excluding hydrogens is 394 g/mol. The molecule has 0 aliphatic rings. The molecule has 0 saturated carbocycles. The van der Waals surface area contributed by atoms with E-state index < -0.39 is 0 Å². The molecule has 31 heavy (non-hydrogen) atoms. The van der Waals surface area contributed by atoms with Crippen molar-refractivity contribution in [2.75, 3.05) is 14.2 Å². The van der Waals surface area contributed by atoms with Crippen LogP contribution in [0.15, 0.2) is 60.7 Å². The number of nitrogens with zero attached hydrogens (tertiary/aromatic N) is 1. The summed E-state index contributed by atoms with van der Waals surface area (Å²) in [7, 11) is 3.24. The normalized spacial score (nSPS) is 9.84. The van der Waals surface area contributed by atoms with Gasteiger partial charge in [0.1, 0.15) is 36.2 Å². The van der Waals surface area contributed by atoms with Crippen molar-refractivity contribution in [3.05, 3.63) is 71.9 Å². The summed E-state index contributed by atoms with van der Waals surface area (Å²) in [4.78, 5) is 15.8. The van der Waals surface area contributed by atoms with Crippen LogP contribution >= 0.6 is 0 Å². The number of esters is 1. The summed E-state index contributed by atoms with van der Waals surface area (Å²) in [6, 6.07) is 18.9. The maximum Gasteiger partial charge on any atom is 0.303 e. The van der Waals surface area contributed by atoms with E-state index >= 15 is 0 Å². The summed E-state index contributed by atoms with van der Waals surface area (Å²) in [5.41, 5.74) is 3.05. The van der Waals surface area contributed by atoms with E-state index in [2.05, 4.69) is 4.98 Å². The van der Waals surface area contributed by atoms with Gasteiger partial charge < -0.3 is 18.9 Å². The Balaban J connectivity index is 0.00000166. The fourth-order valence-electron chi connectivity index (χ4n) is 2.78. The van der Waals surface area contributed by atoms with E-state index in [0.717, 1.165) is 16.9 Å². The van der Waals surface area contributed by atoms with Crippen LogP contribution in [0.1, 0.15) is 32.0 Å². The van der Waals surface area contributed by atoms with E-state index in [1.807, 2.05) is 68.4 Å². The van der Waals surface area contributed by atoms with Crippen LogP contribution in [-0.4, -0.2) is 25.2 Å². The Bertz CT molecular complexity index is 970. The highest BCUT2D eigenvalue weighted by Gasteiger charge is 2.15. The number of carbonyl (C=O) groups is 1. The van der Waals surface area contributed by atoms with Crippen LogP contribution < -0.4 is 14.2 Å². The zero-order valence-corrected chi connectivity index (χ0v) is 18.7. The molecule has 3 aromatic rings. The summed E-state index contributed by atoms with van der Waals surface area (Å²) in [6.07, 6.45) is 0. The smallest absolute Gasteiger partial charge is 0.303 e. The van der Waals surface area contributed by atoms with Gasteiger partial charge in [0.25, 0.3) is 0 Å². The first kappa shape index (κ1) is 23.7. The average Bonchev–Trinajstić information content (AvgIpc) is 2.83. The molecular formula is C25H29NO5. The molecule has 6 heteroatoms. The highest BCUT2D eigenvalue weighted by Crippen LogP contribution is 2.35. The lowest BCUT2D eigenvalue weighted by atomic mass is 10.1. The summed E-state index contributed by atoms with van der Waals surface area (Å²) >= 11 is 0. The number of carbonyl (C=O) groups excluding carboxylic acids is 1. The Morgan fingerprint density at radius 2 is 1.55 bits per heavy atom. The first-order valence-corrected chi connectivity index (χ1v) is 10.1. The minimum absolute atomic E-state index is 0.0935. The van der Waals surface area contributed by atoms with Crippen molar-refractivity contribution in [3.8, 4) is 28.5 Å². The monoisotopic (exact) mass is 423 g/mol. The van der Waals surface area contributed by atoms with Gasteiger partial charge in [0.2, 0.25) is 0 Å². The van der Waals surface area contributed by atoms with Gasteiger partial charge in [-0.1, -0.05) is 38.1 Å². The van der Waals surface area contributed by atoms with Gasteiger partial charge in [-0.15, -0.1) is 0 Å². The maximum atomic E-state index is 11.1. The third kappa shape index (κ3) is 6.74. The topological polar surface area (TPSA) is 66.9 Å². The van der Waals surface area contributed by atoms with Crippen molar-refractivity contribution in [1.29, 1.82) is 0 Å². The van der Waals surface area contributed by atoms with Gasteiger partial charge in [-0.05, 0) is 42.0 Å². The van der Waals surface area contributed by atoms with Crippen LogP contribution in [0.4, 0.5) is 0 Å². The minimum Gasteiger partial charge on any atom is -0.497 e. The predicted octanol–water partition coefficient (Wildman–Crippen LogP) is 5.43. The summed E-state index contributed by atoms with van der Waals surface area (Å²) < 4.78 is 21.8. The van der Waals surface area contributed by atoms with Gasteiger partial charge in [0.15, 0.2) is 0 Å². The van der Waals surface area contributed by atoms with E-state index in [-0.39, 0.29) is 12.6 Å². The molecule has 0 atom stereocenters. The molecule has 3 rings (SSSR count). The quantitative estimate of drug-likeness (QED) is 0.450. The van der Waals surface area contributed by atoms with Crippen LogP contribution in [0.25, 0.3) is 11.3 Å². The lowest BCUT2D eigenvalue weighted by molar-refractivity contribution is -0.142. The first-order valence-electron chi connectivity index (χ1n) is 10.1. The molecule has 0 unspecified atom stereocenters. The van der Waals surface area contributed by atoms with Crippen LogP contribution in [0.3, 0.4) is 0 Å². The maximum absolute atomic E-state index is 11.1. The Labute approximate surface area is 183 Å². The van der Waals surface area contributed by atoms with E-state index in [9.17, 15) is 4.79 Å². The van der Waals surface area contributed by atoms with Crippen molar-refractivity contribution < 1.29 is 23.7 Å². The SMILES string of the molecule is CC.COc1ccc(COc2ccc(COC(C)=O)nc2-c2ccccc2OC)cc1. The van der Waals surface area contributed by atoms with Gasteiger partial charge in [-0.3, -0.25) is 4.79 Å². The lowest BCUT2D eigenvalue weighted by Gasteiger charge is -2.15. The van der Waals surface area contributed by atoms with Crippen molar-refractivity contribution in [2.45, 2.75) is 34.0 Å². The molecule has 0 bridgehead atoms. The van der Waals surface area contributed by atoms with Gasteiger partial charge in [-0.25, -0.2) is 4.98 Å². The first-order chi connectivity index (χ1) is 15.1. The molecule has 164 valence electrons. The molecule has 0 fully saturated rings. The molecule has 0 spiro atoms. The number of hydrogen-bond donors (Lipinski definition) is 0. The zero-order chi connectivity index (χ0) is 22.6. The Kier molecular flexibility index (Phi) is 9.36. The average molecular weight is 424 g/mol. The summed E-state index contributed by atoms with van der Waals surface area (Å²) in [5, 5.41) is 0. The number of rotatable bonds is 8. The van der Waals surface area contributed by atoms with Gasteiger partial charge >= 0.3 is 5.97 Å². The van der Waals surface area contributed by atoms with Crippen LogP contribution in [0.5, 0.6) is 17.2 Å². The molecule has 0 aliphatic heterocycles. The Hall–Kier alpha value is -3.54. The molecule has 0 saturated heterocycles. The molecule has 6 nitrogen and oxygen atoms in total. The fraction of sp³-hybridized carbons (Fsp3) is 0.280. The minimum atomic E-state index is -0.356. The summed E-state index contributed by atoms with van der Waals surface area (Å²) in [6.45, 7) is 5.83. The molecule has 2 aromatic carbocycles. The predicted molar refractivity (Wildman–Crippen MR) is 120 cm³/mol. The largest absolute Gasteiger partial charge is 0.497 e. The highest BCUT2D eigenvalue weighted by atomic mass is 16.5. The number of ether oxygens (including phenoxy) is 4. The van der Waals surface area contributed by atoms with Crippen LogP contribution in [-0.2, 0) is 22.7 Å². The number of aromatic nitrogens is 1. The molecule has 0 amide bonds. The van der Waals surface area contributed by atoms with Crippen molar-refractivity contribution in [3.63, 3.8) is 0 Å². The highest BCUT2D eigenvalue weighted by molar-refractivity contribution is 5.72. The second-order valence-electron chi connectivity index (χ2n) is 6.27. The number of hydrogen-bond acceptors (Lipinski definition) is 6. The van der Waals surface area contributed by atoms with Crippen molar-refractivity contribution in [2.24, 2.45) is 0 Å². The molecule has 1 heterocycles. The number of pyridine rings is 1. The van der Waals surface area contributed by atoms with Gasteiger partial charge in [0.05, 0.1) is 19.9 Å². The number of para-hydroxylation sites is 1. The fourth-order valence-corrected chi connectivity index (χ4v) is 2.78. The van der Waals surface area contributed by atoms with Crippen LogP contribution in [0.2, 0.25) is 0 Å². The second kappa shape index (κ2) is 12.2. The van der Waals surface area contributed by atoms with Gasteiger partial charge in [-0.2, -0.15) is 0 Å². The van der Waals surface area contributed by atoms with E-state index in [4.69, 9.17) is 18.9 Å². The Morgan fingerprint density at radius 3 is 2.19 bits per heavy atom. The lowest BCUT2D eigenvalue weighted by Crippen LogP contribution is -2.04. The number of methoxy groups -OCH3 is 2. The molecule has 0 aliphatic carbocycles. The standard InChI is InChI=1S/C23H23NO5.C2H6/c1-16(25)28-15-18-10-13-22(29-14-17-8-11-19(26-2)12-9-17)23(24-18)20-6-4-5-7-21(20)27-3;1-2/h4-13H,14-15H2,1-3H3;1-2H3. The number of benzene rings is 2. The van der Waals surface area contributed by atoms with Crippen molar-refractivity contribution in [1.82, 2.24) is 4.98 Å². The van der Waals surface area contributed by atoms with E-state index in [1.165, 1.54) is 6.92 Å². The van der Waals surface area contributed by atoms with Crippen LogP contribution in [0, 0.1) is 0 Å². The third-order valence-corrected chi connectivity index (χ3v) is 4.25. The Morgan fingerprint density at radius 1 is 0.839 bits per heavy atom. The van der Waals surface area contributed by atoms with E-state index in [0.29, 0.717) is 29.5 Å². The zero-order valence-electron chi connectivity index (χ0n) is 18.7. The molecule has 0 N–H and O–H groups in total. The van der Waals surface area contributed by atoms with E-state index in [1.54, 1.807) is 20.3 Å². The molecule has 0 radical (unpaired) electrons. The second-order valence-corrected chi connectivity index (χ2v) is 6.27. The van der Waals surface area contributed by atoms with Gasteiger partial charge in [0, 0.05) is 12.5 Å².